The molecule has 1 unspecified atom stereocenters. The van der Waals surface area contributed by atoms with Gasteiger partial charge in [0.15, 0.2) is 0 Å². The quantitative estimate of drug-likeness (QED) is 0.750. The van der Waals surface area contributed by atoms with Gasteiger partial charge in [0.2, 0.25) is 0 Å². The number of rotatable bonds is 7. The van der Waals surface area contributed by atoms with Gasteiger partial charge in [-0.25, -0.2) is 9.78 Å². The van der Waals surface area contributed by atoms with Gasteiger partial charge in [-0.1, -0.05) is 0 Å². The highest BCUT2D eigenvalue weighted by Gasteiger charge is 2.22. The van der Waals surface area contributed by atoms with Crippen LogP contribution in [0.4, 0.5) is 4.79 Å². The number of hydrogen-bond acceptors (Lipinski definition) is 6. The van der Waals surface area contributed by atoms with E-state index in [2.05, 4.69) is 10.3 Å². The van der Waals surface area contributed by atoms with Crippen molar-refractivity contribution in [2.24, 2.45) is 0 Å². The molecule has 1 amide bonds. The van der Waals surface area contributed by atoms with E-state index in [1.54, 1.807) is 18.3 Å². The zero-order chi connectivity index (χ0) is 16.8. The zero-order valence-corrected chi connectivity index (χ0v) is 14.9. The molecular weight excluding hydrogens is 302 g/mol. The van der Waals surface area contributed by atoms with Crippen LogP contribution in [-0.2, 0) is 11.3 Å². The maximum atomic E-state index is 12.1. The van der Waals surface area contributed by atoms with E-state index in [4.69, 9.17) is 4.74 Å². The summed E-state index contributed by atoms with van der Waals surface area (Å²) in [6.45, 7) is 11.1. The van der Waals surface area contributed by atoms with Crippen LogP contribution < -0.4 is 5.32 Å². The van der Waals surface area contributed by atoms with Gasteiger partial charge in [-0.05, 0) is 34.6 Å². The molecule has 6 nitrogen and oxygen atoms in total. The van der Waals surface area contributed by atoms with Crippen molar-refractivity contribution in [3.8, 4) is 0 Å². The Morgan fingerprint density at radius 2 is 2.23 bits per heavy atom. The smallest absolute Gasteiger partial charge is 0.410 e. The summed E-state index contributed by atoms with van der Waals surface area (Å²) in [6.07, 6.45) is -0.991. The molecule has 0 bridgehead atoms. The highest BCUT2D eigenvalue weighted by molar-refractivity contribution is 7.09. The van der Waals surface area contributed by atoms with Gasteiger partial charge in [-0.2, -0.15) is 0 Å². The van der Waals surface area contributed by atoms with E-state index in [0.29, 0.717) is 19.6 Å². The van der Waals surface area contributed by atoms with Gasteiger partial charge in [0.25, 0.3) is 0 Å². The average molecular weight is 329 g/mol. The number of thiazole rings is 1. The number of nitrogens with one attached hydrogen (secondary N) is 1. The maximum absolute atomic E-state index is 12.1. The molecule has 0 saturated heterocycles. The topological polar surface area (TPSA) is 74.7 Å². The Labute approximate surface area is 136 Å². The molecule has 1 atom stereocenters. The van der Waals surface area contributed by atoms with E-state index < -0.39 is 17.8 Å². The van der Waals surface area contributed by atoms with E-state index in [1.807, 2.05) is 33.1 Å². The third kappa shape index (κ3) is 7.72. The number of carbonyl (C=O) groups is 1. The lowest BCUT2D eigenvalue weighted by atomic mass is 10.2. The Hall–Kier alpha value is -1.18. The predicted octanol–water partition coefficient (Wildman–Crippen LogP) is 2.16. The third-order valence-electron chi connectivity index (χ3n) is 2.64. The number of aliphatic hydroxyl groups is 1. The van der Waals surface area contributed by atoms with Crippen LogP contribution in [-0.4, -0.2) is 52.4 Å². The Morgan fingerprint density at radius 1 is 1.55 bits per heavy atom. The molecule has 0 aliphatic carbocycles. The Morgan fingerprint density at radius 3 is 2.73 bits per heavy atom. The molecule has 0 aliphatic rings. The monoisotopic (exact) mass is 329 g/mol. The van der Waals surface area contributed by atoms with Crippen molar-refractivity contribution in [2.75, 3.05) is 19.6 Å². The minimum Gasteiger partial charge on any atom is -0.444 e. The summed E-state index contributed by atoms with van der Waals surface area (Å²) in [5.41, 5.74) is 0.478. The summed E-state index contributed by atoms with van der Waals surface area (Å²) in [5.74, 6) is 0. The average Bonchev–Trinajstić information content (AvgIpc) is 2.76. The number of amides is 1. The van der Waals surface area contributed by atoms with Crippen molar-refractivity contribution < 1.29 is 14.6 Å². The van der Waals surface area contributed by atoms with Crippen LogP contribution in [0.15, 0.2) is 5.38 Å². The largest absolute Gasteiger partial charge is 0.444 e. The van der Waals surface area contributed by atoms with E-state index in [-0.39, 0.29) is 6.54 Å². The van der Waals surface area contributed by atoms with Crippen molar-refractivity contribution >= 4 is 17.4 Å². The van der Waals surface area contributed by atoms with Gasteiger partial charge in [0.1, 0.15) is 10.6 Å². The Kier molecular flexibility index (Phi) is 7.25. The number of carbonyl (C=O) groups excluding carboxylic acids is 1. The number of aromatic nitrogens is 1. The standard InChI is InChI=1S/C15H27N3O3S/c1-11-10-22-13(17-11)8-16-6-7-18(9-12(2)19)14(20)21-15(3,4)5/h10,12,16,19H,6-9H2,1-5H3. The van der Waals surface area contributed by atoms with Crippen LogP contribution >= 0.6 is 11.3 Å². The van der Waals surface area contributed by atoms with Gasteiger partial charge < -0.3 is 20.1 Å². The van der Waals surface area contributed by atoms with E-state index in [0.717, 1.165) is 10.7 Å². The molecule has 7 heteroatoms. The third-order valence-corrected chi connectivity index (χ3v) is 3.60. The Balaban J connectivity index is 2.42. The molecule has 0 saturated carbocycles. The van der Waals surface area contributed by atoms with Crippen LogP contribution in [0.25, 0.3) is 0 Å². The Bertz CT molecular complexity index is 469. The lowest BCUT2D eigenvalue weighted by molar-refractivity contribution is 0.0164. The highest BCUT2D eigenvalue weighted by Crippen LogP contribution is 2.10. The van der Waals surface area contributed by atoms with Crippen LogP contribution in [0.2, 0.25) is 0 Å². The number of hydrogen-bond donors (Lipinski definition) is 2. The van der Waals surface area contributed by atoms with Gasteiger partial charge >= 0.3 is 6.09 Å². The van der Waals surface area contributed by atoms with Crippen molar-refractivity contribution in [3.05, 3.63) is 16.1 Å². The van der Waals surface area contributed by atoms with Crippen LogP contribution in [0.1, 0.15) is 38.4 Å². The number of nitrogens with zero attached hydrogens (tertiary/aromatic N) is 2. The van der Waals surface area contributed by atoms with Crippen LogP contribution in [0.3, 0.4) is 0 Å². The van der Waals surface area contributed by atoms with E-state index in [9.17, 15) is 9.90 Å². The first-order valence-electron chi connectivity index (χ1n) is 7.45. The highest BCUT2D eigenvalue weighted by atomic mass is 32.1. The molecule has 22 heavy (non-hydrogen) atoms. The van der Waals surface area contributed by atoms with Crippen molar-refractivity contribution in [3.63, 3.8) is 0 Å². The molecule has 1 rings (SSSR count). The summed E-state index contributed by atoms with van der Waals surface area (Å²) >= 11 is 1.61. The number of aryl methyl sites for hydroxylation is 1. The predicted molar refractivity (Wildman–Crippen MR) is 88.0 cm³/mol. The van der Waals surface area contributed by atoms with Crippen molar-refractivity contribution in [1.29, 1.82) is 0 Å². The summed E-state index contributed by atoms with van der Waals surface area (Å²) in [4.78, 5) is 18.0. The van der Waals surface area contributed by atoms with Gasteiger partial charge in [0.05, 0.1) is 6.10 Å². The summed E-state index contributed by atoms with van der Waals surface area (Å²) < 4.78 is 5.36. The van der Waals surface area contributed by atoms with Crippen molar-refractivity contribution in [2.45, 2.75) is 52.9 Å². The molecule has 0 radical (unpaired) electrons. The molecule has 0 spiro atoms. The fraction of sp³-hybridized carbons (Fsp3) is 0.733. The SMILES string of the molecule is Cc1csc(CNCCN(CC(C)O)C(=O)OC(C)(C)C)n1. The summed E-state index contributed by atoms with van der Waals surface area (Å²) in [7, 11) is 0. The van der Waals surface area contributed by atoms with E-state index in [1.165, 1.54) is 4.90 Å². The minimum atomic E-state index is -0.589. The second-order valence-electron chi connectivity index (χ2n) is 6.33. The normalized spacial score (nSPS) is 13.0. The first kappa shape index (κ1) is 18.9. The summed E-state index contributed by atoms with van der Waals surface area (Å²) in [6, 6.07) is 0. The zero-order valence-electron chi connectivity index (χ0n) is 14.0. The van der Waals surface area contributed by atoms with Gasteiger partial charge in [-0.15, -0.1) is 11.3 Å². The molecule has 1 heterocycles. The number of aliphatic hydroxyl groups excluding tert-OH is 1. The molecular formula is C15H27N3O3S. The molecule has 1 aromatic rings. The van der Waals surface area contributed by atoms with Crippen LogP contribution in [0, 0.1) is 6.92 Å². The first-order chi connectivity index (χ1) is 10.2. The maximum Gasteiger partial charge on any atom is 0.410 e. The fourth-order valence-corrected chi connectivity index (χ4v) is 2.54. The second-order valence-corrected chi connectivity index (χ2v) is 7.28. The second kappa shape index (κ2) is 8.45. The van der Waals surface area contributed by atoms with E-state index >= 15 is 0 Å². The summed E-state index contributed by atoms with van der Waals surface area (Å²) in [5, 5.41) is 15.8. The van der Waals surface area contributed by atoms with Crippen molar-refractivity contribution in [1.82, 2.24) is 15.2 Å². The molecule has 1 aromatic heterocycles. The van der Waals surface area contributed by atoms with Gasteiger partial charge in [0, 0.05) is 37.3 Å². The molecule has 0 aromatic carbocycles. The number of ether oxygens (including phenoxy) is 1. The fourth-order valence-electron chi connectivity index (χ4n) is 1.80. The molecule has 2 N–H and O–H groups in total. The molecule has 0 fully saturated rings. The minimum absolute atomic E-state index is 0.257. The molecule has 126 valence electrons. The first-order valence-corrected chi connectivity index (χ1v) is 8.33. The van der Waals surface area contributed by atoms with Crippen LogP contribution in [0.5, 0.6) is 0 Å². The molecule has 0 aliphatic heterocycles. The van der Waals surface area contributed by atoms with Gasteiger partial charge in [-0.3, -0.25) is 0 Å². The lowest BCUT2D eigenvalue weighted by Gasteiger charge is -2.28. The lowest BCUT2D eigenvalue weighted by Crippen LogP contribution is -2.43.